The number of fused-ring (bicyclic) bond motifs is 1. The van der Waals surface area contributed by atoms with Crippen molar-refractivity contribution in [2.24, 2.45) is 0 Å². The van der Waals surface area contributed by atoms with Crippen molar-refractivity contribution in [3.63, 3.8) is 0 Å². The summed E-state index contributed by atoms with van der Waals surface area (Å²) < 4.78 is 19.0. The first-order chi connectivity index (χ1) is 11.0. The van der Waals surface area contributed by atoms with E-state index in [1.807, 2.05) is 24.3 Å². The van der Waals surface area contributed by atoms with Gasteiger partial charge in [-0.25, -0.2) is 4.39 Å². The van der Waals surface area contributed by atoms with Crippen molar-refractivity contribution >= 4 is 17.5 Å². The Bertz CT molecular complexity index is 713. The van der Waals surface area contributed by atoms with Crippen molar-refractivity contribution in [3.05, 3.63) is 64.4 Å². The minimum absolute atomic E-state index is 0.0119. The molecule has 0 aromatic heterocycles. The summed E-state index contributed by atoms with van der Waals surface area (Å²) in [6.45, 7) is -0.0316. The fourth-order valence-corrected chi connectivity index (χ4v) is 2.59. The zero-order valence-electron chi connectivity index (χ0n) is 12.1. The highest BCUT2D eigenvalue weighted by Gasteiger charge is 2.28. The van der Waals surface area contributed by atoms with Gasteiger partial charge in [-0.3, -0.25) is 4.79 Å². The largest absolute Gasteiger partial charge is 0.480 e. The van der Waals surface area contributed by atoms with E-state index in [2.05, 4.69) is 5.32 Å². The van der Waals surface area contributed by atoms with Crippen molar-refractivity contribution < 1.29 is 19.0 Å². The molecule has 1 aliphatic heterocycles. The predicted octanol–water partition coefficient (Wildman–Crippen LogP) is 2.63. The van der Waals surface area contributed by atoms with E-state index in [9.17, 15) is 14.3 Å². The first-order valence-electron chi connectivity index (χ1n) is 7.20. The molecule has 2 aromatic rings. The number of para-hydroxylation sites is 1. The van der Waals surface area contributed by atoms with Crippen LogP contribution in [0.3, 0.4) is 0 Å². The van der Waals surface area contributed by atoms with Crippen molar-refractivity contribution in [1.29, 1.82) is 0 Å². The number of hydrogen-bond acceptors (Lipinski definition) is 3. The van der Waals surface area contributed by atoms with Crippen LogP contribution in [-0.2, 0) is 11.2 Å². The molecule has 0 aliphatic carbocycles. The van der Waals surface area contributed by atoms with Gasteiger partial charge >= 0.3 is 0 Å². The number of benzene rings is 2. The smallest absolute Gasteiger partial charge is 0.261 e. The second kappa shape index (κ2) is 6.56. The Morgan fingerprint density at radius 3 is 2.91 bits per heavy atom. The van der Waals surface area contributed by atoms with E-state index in [1.165, 1.54) is 12.1 Å². The van der Waals surface area contributed by atoms with Crippen LogP contribution in [0.5, 0.6) is 5.75 Å². The number of aliphatic hydroxyl groups is 1. The van der Waals surface area contributed by atoms with E-state index >= 15 is 0 Å². The molecule has 2 N–H and O–H groups in total. The Morgan fingerprint density at radius 2 is 2.17 bits per heavy atom. The van der Waals surface area contributed by atoms with Crippen LogP contribution in [0.4, 0.5) is 4.39 Å². The van der Waals surface area contributed by atoms with Gasteiger partial charge in [0.25, 0.3) is 5.91 Å². The average molecular weight is 336 g/mol. The molecule has 3 rings (SSSR count). The molecule has 1 heterocycles. The fourth-order valence-electron chi connectivity index (χ4n) is 2.48. The van der Waals surface area contributed by atoms with Crippen molar-refractivity contribution in [2.45, 2.75) is 18.6 Å². The van der Waals surface area contributed by atoms with E-state index < -0.39 is 18.0 Å². The maximum atomic E-state index is 13.4. The standard InChI is InChI=1S/C17H15ClFNO3/c18-12-6-5-10(7-13(12)19)14(21)9-20-17(22)16-8-11-3-1-2-4-15(11)23-16/h1-7,14,16,21H,8-9H2,(H,20,22). The molecule has 0 radical (unpaired) electrons. The van der Waals surface area contributed by atoms with Gasteiger partial charge in [0.2, 0.25) is 0 Å². The van der Waals surface area contributed by atoms with Crippen LogP contribution in [0.25, 0.3) is 0 Å². The lowest BCUT2D eigenvalue weighted by atomic mass is 10.1. The Kier molecular flexibility index (Phi) is 4.50. The summed E-state index contributed by atoms with van der Waals surface area (Å²) >= 11 is 5.60. The van der Waals surface area contributed by atoms with Crippen LogP contribution in [0.2, 0.25) is 5.02 Å². The molecule has 0 bridgehead atoms. The zero-order valence-corrected chi connectivity index (χ0v) is 12.9. The molecule has 2 aromatic carbocycles. The quantitative estimate of drug-likeness (QED) is 0.903. The first-order valence-corrected chi connectivity index (χ1v) is 7.57. The zero-order chi connectivity index (χ0) is 16.4. The molecule has 1 aliphatic rings. The first kappa shape index (κ1) is 15.8. The van der Waals surface area contributed by atoms with Gasteiger partial charge in [0.1, 0.15) is 11.6 Å². The number of ether oxygens (including phenoxy) is 1. The lowest BCUT2D eigenvalue weighted by Gasteiger charge is -2.15. The van der Waals surface area contributed by atoms with Crippen LogP contribution in [0, 0.1) is 5.82 Å². The Morgan fingerprint density at radius 1 is 1.39 bits per heavy atom. The maximum Gasteiger partial charge on any atom is 0.261 e. The number of halogens is 2. The van der Waals surface area contributed by atoms with Gasteiger partial charge in [0, 0.05) is 13.0 Å². The molecule has 23 heavy (non-hydrogen) atoms. The molecule has 4 nitrogen and oxygen atoms in total. The van der Waals surface area contributed by atoms with Crippen LogP contribution in [-0.4, -0.2) is 23.7 Å². The van der Waals surface area contributed by atoms with Crippen LogP contribution >= 0.6 is 11.6 Å². The van der Waals surface area contributed by atoms with Crippen molar-refractivity contribution in [2.75, 3.05) is 6.54 Å². The molecule has 0 saturated carbocycles. The topological polar surface area (TPSA) is 58.6 Å². The third-order valence-electron chi connectivity index (χ3n) is 3.74. The maximum absolute atomic E-state index is 13.4. The highest BCUT2D eigenvalue weighted by Crippen LogP contribution is 2.28. The minimum Gasteiger partial charge on any atom is -0.480 e. The minimum atomic E-state index is -1.02. The van der Waals surface area contributed by atoms with Gasteiger partial charge in [-0.1, -0.05) is 35.9 Å². The summed E-state index contributed by atoms with van der Waals surface area (Å²) in [4.78, 5) is 12.1. The Hall–Kier alpha value is -2.11. The highest BCUT2D eigenvalue weighted by molar-refractivity contribution is 6.30. The third-order valence-corrected chi connectivity index (χ3v) is 4.04. The van der Waals surface area contributed by atoms with Gasteiger partial charge < -0.3 is 15.2 Å². The molecule has 6 heteroatoms. The summed E-state index contributed by atoms with van der Waals surface area (Å²) in [5.41, 5.74) is 1.33. The van der Waals surface area contributed by atoms with E-state index in [0.717, 1.165) is 11.6 Å². The Balaban J connectivity index is 1.56. The Labute approximate surface area is 137 Å². The normalized spacial score (nSPS) is 17.3. The van der Waals surface area contributed by atoms with Crippen molar-refractivity contribution in [3.8, 4) is 5.75 Å². The summed E-state index contributed by atoms with van der Waals surface area (Å²) in [5, 5.41) is 12.6. The van der Waals surface area contributed by atoms with E-state index in [-0.39, 0.29) is 17.5 Å². The van der Waals surface area contributed by atoms with E-state index in [0.29, 0.717) is 17.7 Å². The number of amides is 1. The van der Waals surface area contributed by atoms with Crippen LogP contribution in [0.1, 0.15) is 17.2 Å². The van der Waals surface area contributed by atoms with Gasteiger partial charge in [0.15, 0.2) is 6.10 Å². The number of hydrogen-bond donors (Lipinski definition) is 2. The summed E-state index contributed by atoms with van der Waals surface area (Å²) in [6, 6.07) is 11.5. The van der Waals surface area contributed by atoms with Gasteiger partial charge in [0.05, 0.1) is 11.1 Å². The summed E-state index contributed by atoms with van der Waals surface area (Å²) in [5.74, 6) is -0.216. The highest BCUT2D eigenvalue weighted by atomic mass is 35.5. The molecule has 0 fully saturated rings. The number of nitrogens with one attached hydrogen (secondary N) is 1. The molecule has 1 amide bonds. The summed E-state index contributed by atoms with van der Waals surface area (Å²) in [7, 11) is 0. The third kappa shape index (κ3) is 3.46. The van der Waals surface area contributed by atoms with Gasteiger partial charge in [-0.15, -0.1) is 0 Å². The van der Waals surface area contributed by atoms with Gasteiger partial charge in [-0.05, 0) is 29.3 Å². The van der Waals surface area contributed by atoms with E-state index in [4.69, 9.17) is 16.3 Å². The molecule has 0 spiro atoms. The summed E-state index contributed by atoms with van der Waals surface area (Å²) in [6.07, 6.45) is -1.13. The lowest BCUT2D eigenvalue weighted by molar-refractivity contribution is -0.127. The number of aliphatic hydroxyl groups excluding tert-OH is 1. The van der Waals surface area contributed by atoms with E-state index in [1.54, 1.807) is 0 Å². The monoisotopic (exact) mass is 335 g/mol. The average Bonchev–Trinajstić information content (AvgIpc) is 2.99. The number of carbonyl (C=O) groups is 1. The molecule has 120 valence electrons. The second-order valence-corrected chi connectivity index (χ2v) is 5.76. The van der Waals surface area contributed by atoms with Crippen LogP contribution < -0.4 is 10.1 Å². The SMILES string of the molecule is O=C(NCC(O)c1ccc(Cl)c(F)c1)C1Cc2ccccc2O1. The molecular weight excluding hydrogens is 321 g/mol. The molecule has 2 atom stereocenters. The fraction of sp³-hybridized carbons (Fsp3) is 0.235. The lowest BCUT2D eigenvalue weighted by Crippen LogP contribution is -2.39. The number of carbonyl (C=O) groups excluding carboxylic acids is 1. The molecule has 0 saturated heterocycles. The van der Waals surface area contributed by atoms with Gasteiger partial charge in [-0.2, -0.15) is 0 Å². The molecule has 2 unspecified atom stereocenters. The second-order valence-electron chi connectivity index (χ2n) is 5.35. The van der Waals surface area contributed by atoms with Crippen LogP contribution in [0.15, 0.2) is 42.5 Å². The molecular formula is C17H15ClFNO3. The van der Waals surface area contributed by atoms with Crippen molar-refractivity contribution in [1.82, 2.24) is 5.32 Å². The number of rotatable bonds is 4. The predicted molar refractivity (Wildman–Crippen MR) is 83.9 cm³/mol.